The molecule has 0 amide bonds. The van der Waals surface area contributed by atoms with Crippen LogP contribution in [-0.4, -0.2) is 27.9 Å². The molecule has 1 saturated heterocycles. The van der Waals surface area contributed by atoms with Crippen LogP contribution in [0.1, 0.15) is 48.1 Å². The van der Waals surface area contributed by atoms with E-state index < -0.39 is 46.5 Å². The first kappa shape index (κ1) is 27.4. The predicted octanol–water partition coefficient (Wildman–Crippen LogP) is 5.24. The van der Waals surface area contributed by atoms with Gasteiger partial charge in [-0.2, -0.15) is 31.4 Å². The molecule has 202 valence electrons. The third kappa shape index (κ3) is 5.32. The van der Waals surface area contributed by atoms with Crippen molar-refractivity contribution in [3.8, 4) is 0 Å². The van der Waals surface area contributed by atoms with Crippen molar-refractivity contribution >= 4 is 0 Å². The van der Waals surface area contributed by atoms with Crippen molar-refractivity contribution in [1.82, 2.24) is 20.1 Å². The summed E-state index contributed by atoms with van der Waals surface area (Å²) in [6, 6.07) is 10.3. The largest absolute Gasteiger partial charge is 0.416 e. The molecule has 0 unspecified atom stereocenters. The van der Waals surface area contributed by atoms with Crippen LogP contribution < -0.4 is 11.0 Å². The molecule has 1 fully saturated rings. The lowest BCUT2D eigenvalue weighted by Gasteiger charge is -2.42. The lowest BCUT2D eigenvalue weighted by molar-refractivity contribution is -0.143. The van der Waals surface area contributed by atoms with Crippen LogP contribution >= 0.6 is 0 Å². The number of nitrogens with one attached hydrogen (secondary N) is 2. The normalized spacial score (nSPS) is 23.1. The van der Waals surface area contributed by atoms with E-state index in [2.05, 4.69) is 20.4 Å². The van der Waals surface area contributed by atoms with Crippen LogP contribution in [-0.2, 0) is 28.3 Å². The standard InChI is InChI=1S/C25H23F6N5O2/c1-16(17-10-19(24(26,27)28)12-20(11-17)25(29,30)31)38-14-22(18-6-4-3-5-7-18)8-9-23(32-2,13-33-22)36-15-34-35-21(36)37/h3-7,10-12,15-16,33H,8-9,13-14H2,1H3,(H,35,37)/t16-,22-,23+/m1/s1. The molecule has 0 aliphatic carbocycles. The highest BCUT2D eigenvalue weighted by Gasteiger charge is 2.50. The van der Waals surface area contributed by atoms with Crippen molar-refractivity contribution in [3.05, 3.63) is 99.0 Å². The fraction of sp³-hybridized carbons (Fsp3) is 0.400. The lowest BCUT2D eigenvalue weighted by Crippen LogP contribution is -2.59. The highest BCUT2D eigenvalue weighted by molar-refractivity contribution is 5.35. The second-order valence-corrected chi connectivity index (χ2v) is 9.22. The van der Waals surface area contributed by atoms with Gasteiger partial charge in [-0.15, -0.1) is 0 Å². The third-order valence-corrected chi connectivity index (χ3v) is 6.86. The fourth-order valence-corrected chi connectivity index (χ4v) is 4.59. The monoisotopic (exact) mass is 539 g/mol. The number of aromatic nitrogens is 3. The van der Waals surface area contributed by atoms with Crippen molar-refractivity contribution in [2.24, 2.45) is 0 Å². The number of benzene rings is 2. The summed E-state index contributed by atoms with van der Waals surface area (Å²) < 4.78 is 87.1. The van der Waals surface area contributed by atoms with Gasteiger partial charge in [-0.3, -0.25) is 10.2 Å². The Morgan fingerprint density at radius 3 is 2.18 bits per heavy atom. The molecule has 2 heterocycles. The van der Waals surface area contributed by atoms with Gasteiger partial charge in [0.05, 0.1) is 42.3 Å². The summed E-state index contributed by atoms with van der Waals surface area (Å²) in [5.74, 6) is 0. The first-order valence-corrected chi connectivity index (χ1v) is 11.5. The molecule has 0 saturated carbocycles. The van der Waals surface area contributed by atoms with Crippen molar-refractivity contribution in [3.63, 3.8) is 0 Å². The molecule has 3 atom stereocenters. The van der Waals surface area contributed by atoms with Gasteiger partial charge in [0.1, 0.15) is 6.33 Å². The highest BCUT2D eigenvalue weighted by atomic mass is 19.4. The summed E-state index contributed by atoms with van der Waals surface area (Å²) in [6.07, 6.45) is -9.34. The molecule has 3 aromatic rings. The number of piperidine rings is 1. The van der Waals surface area contributed by atoms with E-state index in [4.69, 9.17) is 11.3 Å². The average Bonchev–Trinajstić information content (AvgIpc) is 3.33. The number of halogens is 6. The van der Waals surface area contributed by atoms with Crippen molar-refractivity contribution < 1.29 is 31.1 Å². The second-order valence-electron chi connectivity index (χ2n) is 9.22. The minimum atomic E-state index is -4.97. The van der Waals surface area contributed by atoms with Crippen LogP contribution in [0.3, 0.4) is 0 Å². The SMILES string of the molecule is [C-]#[N+][C@]1(n2cn[nH]c2=O)CC[C@@](CO[C@H](C)c2cc(C(F)(F)F)cc(C(F)(F)F)c2)(c2ccccc2)NC1. The van der Waals surface area contributed by atoms with E-state index in [1.165, 1.54) is 17.8 Å². The maximum Gasteiger partial charge on any atom is 0.416 e. The topological polar surface area (TPSA) is 76.3 Å². The van der Waals surface area contributed by atoms with Gasteiger partial charge >= 0.3 is 23.7 Å². The van der Waals surface area contributed by atoms with E-state index in [1.54, 1.807) is 18.2 Å². The molecule has 13 heteroatoms. The molecule has 0 radical (unpaired) electrons. The Morgan fingerprint density at radius 2 is 1.71 bits per heavy atom. The third-order valence-electron chi connectivity index (χ3n) is 6.86. The summed E-state index contributed by atoms with van der Waals surface area (Å²) in [6.45, 7) is 9.02. The van der Waals surface area contributed by atoms with Crippen LogP contribution in [0.5, 0.6) is 0 Å². The van der Waals surface area contributed by atoms with Crippen LogP contribution in [0.25, 0.3) is 4.85 Å². The molecule has 1 aliphatic heterocycles. The van der Waals surface area contributed by atoms with Gasteiger partial charge in [0.25, 0.3) is 0 Å². The molecular weight excluding hydrogens is 516 g/mol. The molecule has 1 aliphatic rings. The van der Waals surface area contributed by atoms with Gasteiger partial charge in [0.15, 0.2) is 0 Å². The number of aromatic amines is 1. The zero-order valence-corrected chi connectivity index (χ0v) is 20.0. The number of nitrogens with zero attached hydrogens (tertiary/aromatic N) is 3. The Morgan fingerprint density at radius 1 is 1.08 bits per heavy atom. The second kappa shape index (κ2) is 9.92. The van der Waals surface area contributed by atoms with Crippen molar-refractivity contribution in [2.75, 3.05) is 13.2 Å². The van der Waals surface area contributed by atoms with Crippen LogP contribution in [0.15, 0.2) is 59.7 Å². The fourth-order valence-electron chi connectivity index (χ4n) is 4.59. The number of ether oxygens (including phenoxy) is 1. The Balaban J connectivity index is 1.63. The summed E-state index contributed by atoms with van der Waals surface area (Å²) >= 11 is 0. The summed E-state index contributed by atoms with van der Waals surface area (Å²) in [5.41, 5.74) is -5.10. The maximum absolute atomic E-state index is 13.3. The highest BCUT2D eigenvalue weighted by Crippen LogP contribution is 2.41. The molecular formula is C25H23F6N5O2. The Labute approximate surface area is 213 Å². The van der Waals surface area contributed by atoms with Crippen LogP contribution in [0, 0.1) is 6.57 Å². The quantitative estimate of drug-likeness (QED) is 0.332. The maximum atomic E-state index is 13.3. The molecule has 1 aromatic heterocycles. The summed E-state index contributed by atoms with van der Waals surface area (Å²) in [5, 5.41) is 9.25. The molecule has 0 bridgehead atoms. The number of hydrogen-bond donors (Lipinski definition) is 2. The van der Waals surface area contributed by atoms with Crippen LogP contribution in [0.4, 0.5) is 26.3 Å². The van der Waals surface area contributed by atoms with Crippen molar-refractivity contribution in [2.45, 2.75) is 49.4 Å². The van der Waals surface area contributed by atoms with Gasteiger partial charge in [-0.1, -0.05) is 30.3 Å². The Bertz CT molecular complexity index is 1330. The number of alkyl halides is 6. The minimum absolute atomic E-state index is 0.0182. The van der Waals surface area contributed by atoms with E-state index in [-0.39, 0.29) is 37.6 Å². The van der Waals surface area contributed by atoms with Crippen molar-refractivity contribution in [1.29, 1.82) is 0 Å². The zero-order chi connectivity index (χ0) is 27.8. The molecule has 0 spiro atoms. The predicted molar refractivity (Wildman–Crippen MR) is 124 cm³/mol. The van der Waals surface area contributed by atoms with E-state index in [9.17, 15) is 31.1 Å². The minimum Gasteiger partial charge on any atom is -0.372 e. The lowest BCUT2D eigenvalue weighted by atomic mass is 9.79. The summed E-state index contributed by atoms with van der Waals surface area (Å²) in [4.78, 5) is 15.9. The van der Waals surface area contributed by atoms with E-state index >= 15 is 0 Å². The number of rotatable bonds is 6. The number of H-pyrrole nitrogens is 1. The molecule has 2 aromatic carbocycles. The molecule has 7 nitrogen and oxygen atoms in total. The van der Waals surface area contributed by atoms with Gasteiger partial charge in [-0.05, 0) is 42.7 Å². The Hall–Kier alpha value is -3.63. The first-order chi connectivity index (χ1) is 17.8. The zero-order valence-electron chi connectivity index (χ0n) is 20.0. The smallest absolute Gasteiger partial charge is 0.372 e. The van der Waals surface area contributed by atoms with Crippen LogP contribution in [0.2, 0.25) is 0 Å². The molecule has 38 heavy (non-hydrogen) atoms. The van der Waals surface area contributed by atoms with Gasteiger partial charge in [0.2, 0.25) is 0 Å². The van der Waals surface area contributed by atoms with E-state index in [0.717, 1.165) is 5.56 Å². The molecule has 2 N–H and O–H groups in total. The average molecular weight is 539 g/mol. The van der Waals surface area contributed by atoms with Gasteiger partial charge in [-0.25, -0.2) is 21.0 Å². The first-order valence-electron chi connectivity index (χ1n) is 11.5. The van der Waals surface area contributed by atoms with Gasteiger partial charge in [0, 0.05) is 0 Å². The number of hydrogen-bond acceptors (Lipinski definition) is 4. The van der Waals surface area contributed by atoms with E-state index in [0.29, 0.717) is 12.1 Å². The molecule has 4 rings (SSSR count). The summed E-state index contributed by atoms with van der Waals surface area (Å²) in [7, 11) is 0. The van der Waals surface area contributed by atoms with Gasteiger partial charge < -0.3 is 4.74 Å². The Kier molecular flexibility index (Phi) is 7.15. The van der Waals surface area contributed by atoms with E-state index in [1.807, 2.05) is 12.1 Å².